The maximum Gasteiger partial charge on any atom is 0.0593 e. The summed E-state index contributed by atoms with van der Waals surface area (Å²) in [5.41, 5.74) is 2.98. The Morgan fingerprint density at radius 3 is 2.83 bits per heavy atom. The molecule has 0 spiro atoms. The zero-order chi connectivity index (χ0) is 12.8. The van der Waals surface area contributed by atoms with Crippen LogP contribution in [0, 0.1) is 0 Å². The van der Waals surface area contributed by atoms with E-state index in [9.17, 15) is 0 Å². The van der Waals surface area contributed by atoms with Crippen LogP contribution in [0.2, 0.25) is 0 Å². The summed E-state index contributed by atoms with van der Waals surface area (Å²) in [6, 6.07) is 9.38. The second kappa shape index (κ2) is 6.88. The van der Waals surface area contributed by atoms with Gasteiger partial charge in [0, 0.05) is 32.3 Å². The van der Waals surface area contributed by atoms with Crippen LogP contribution in [0.4, 0.5) is 0 Å². The van der Waals surface area contributed by atoms with Crippen LogP contribution in [0.15, 0.2) is 24.3 Å². The van der Waals surface area contributed by atoms with Crippen molar-refractivity contribution in [2.24, 2.45) is 0 Å². The molecule has 0 bridgehead atoms. The summed E-state index contributed by atoms with van der Waals surface area (Å²) in [5, 5.41) is 3.31. The lowest BCUT2D eigenvalue weighted by Gasteiger charge is -2.36. The molecule has 0 saturated heterocycles. The summed E-state index contributed by atoms with van der Waals surface area (Å²) in [4.78, 5) is 2.54. The van der Waals surface area contributed by atoms with Gasteiger partial charge in [-0.25, -0.2) is 0 Å². The van der Waals surface area contributed by atoms with Gasteiger partial charge in [0.25, 0.3) is 0 Å². The van der Waals surface area contributed by atoms with E-state index in [1.165, 1.54) is 11.1 Å². The Morgan fingerprint density at radius 2 is 2.11 bits per heavy atom. The molecule has 3 heteroatoms. The topological polar surface area (TPSA) is 24.5 Å². The predicted molar refractivity (Wildman–Crippen MR) is 74.8 cm³/mol. The van der Waals surface area contributed by atoms with Gasteiger partial charge in [-0.15, -0.1) is 0 Å². The number of hydrogen-bond donors (Lipinski definition) is 1. The smallest absolute Gasteiger partial charge is 0.0593 e. The first kappa shape index (κ1) is 13.5. The minimum atomic E-state index is 0.588. The van der Waals surface area contributed by atoms with E-state index in [1.807, 2.05) is 7.05 Å². The van der Waals surface area contributed by atoms with Crippen LogP contribution >= 0.6 is 0 Å². The van der Waals surface area contributed by atoms with Crippen LogP contribution in [0.1, 0.15) is 18.1 Å². The zero-order valence-electron chi connectivity index (χ0n) is 11.5. The summed E-state index contributed by atoms with van der Waals surface area (Å²) in [5.74, 6) is 0. The van der Waals surface area contributed by atoms with E-state index in [4.69, 9.17) is 4.74 Å². The first-order valence-corrected chi connectivity index (χ1v) is 6.88. The van der Waals surface area contributed by atoms with Gasteiger partial charge in [-0.05, 0) is 31.5 Å². The van der Waals surface area contributed by atoms with E-state index in [0.717, 1.165) is 39.3 Å². The van der Waals surface area contributed by atoms with Crippen LogP contribution in [0.5, 0.6) is 0 Å². The predicted octanol–water partition coefficient (Wildman–Crippen LogP) is 1.67. The molecule has 1 aliphatic heterocycles. The van der Waals surface area contributed by atoms with Crippen molar-refractivity contribution in [2.45, 2.75) is 25.9 Å². The third kappa shape index (κ3) is 3.31. The zero-order valence-corrected chi connectivity index (χ0v) is 11.5. The fourth-order valence-corrected chi connectivity index (χ4v) is 2.67. The lowest BCUT2D eigenvalue weighted by molar-refractivity contribution is 0.0846. The minimum Gasteiger partial charge on any atom is -0.380 e. The number of nitrogens with zero attached hydrogens (tertiary/aromatic N) is 1. The number of likely N-dealkylation sites (N-methyl/N-ethyl adjacent to an activating group) is 1. The second-order valence-corrected chi connectivity index (χ2v) is 4.85. The fourth-order valence-electron chi connectivity index (χ4n) is 2.67. The maximum atomic E-state index is 5.49. The molecule has 1 aliphatic rings. The number of benzene rings is 1. The number of hydrogen-bond acceptors (Lipinski definition) is 3. The molecule has 0 fully saturated rings. The van der Waals surface area contributed by atoms with Gasteiger partial charge in [-0.2, -0.15) is 0 Å². The number of nitrogens with one attached hydrogen (secondary N) is 1. The van der Waals surface area contributed by atoms with Crippen molar-refractivity contribution in [1.82, 2.24) is 10.2 Å². The first-order valence-electron chi connectivity index (χ1n) is 6.88. The molecule has 100 valence electrons. The molecule has 1 atom stereocenters. The molecule has 3 nitrogen and oxygen atoms in total. The van der Waals surface area contributed by atoms with E-state index in [-0.39, 0.29) is 0 Å². The first-order chi connectivity index (χ1) is 8.85. The highest BCUT2D eigenvalue weighted by Gasteiger charge is 2.24. The Labute approximate surface area is 110 Å². The molecule has 0 amide bonds. The summed E-state index contributed by atoms with van der Waals surface area (Å²) < 4.78 is 5.49. The molecule has 1 aromatic carbocycles. The van der Waals surface area contributed by atoms with E-state index in [1.54, 1.807) is 0 Å². The molecule has 2 rings (SSSR count). The molecule has 1 N–H and O–H groups in total. The normalized spacial score (nSPS) is 19.8. The lowest BCUT2D eigenvalue weighted by Crippen LogP contribution is -2.46. The van der Waals surface area contributed by atoms with Gasteiger partial charge in [-0.1, -0.05) is 24.3 Å². The van der Waals surface area contributed by atoms with Gasteiger partial charge in [0.05, 0.1) is 6.61 Å². The van der Waals surface area contributed by atoms with Gasteiger partial charge in [-0.3, -0.25) is 4.90 Å². The van der Waals surface area contributed by atoms with Crippen molar-refractivity contribution in [1.29, 1.82) is 0 Å². The quantitative estimate of drug-likeness (QED) is 0.775. The second-order valence-electron chi connectivity index (χ2n) is 4.85. The van der Waals surface area contributed by atoms with Gasteiger partial charge < -0.3 is 10.1 Å². The summed E-state index contributed by atoms with van der Waals surface area (Å²) >= 11 is 0. The van der Waals surface area contributed by atoms with E-state index >= 15 is 0 Å². The third-order valence-corrected chi connectivity index (χ3v) is 3.63. The molecule has 1 unspecified atom stereocenters. The van der Waals surface area contributed by atoms with Crippen molar-refractivity contribution < 1.29 is 4.74 Å². The van der Waals surface area contributed by atoms with E-state index < -0.39 is 0 Å². The highest BCUT2D eigenvalue weighted by atomic mass is 16.5. The molecule has 0 saturated carbocycles. The van der Waals surface area contributed by atoms with Crippen LogP contribution in [0.3, 0.4) is 0 Å². The van der Waals surface area contributed by atoms with Crippen molar-refractivity contribution in [3.05, 3.63) is 35.4 Å². The third-order valence-electron chi connectivity index (χ3n) is 3.63. The van der Waals surface area contributed by atoms with Crippen LogP contribution in [-0.2, 0) is 17.7 Å². The number of rotatable bonds is 6. The summed E-state index contributed by atoms with van der Waals surface area (Å²) in [7, 11) is 2.03. The average molecular weight is 248 g/mol. The fraction of sp³-hybridized carbons (Fsp3) is 0.600. The summed E-state index contributed by atoms with van der Waals surface area (Å²) in [6.45, 7) is 6.81. The van der Waals surface area contributed by atoms with E-state index in [0.29, 0.717) is 6.04 Å². The molecule has 0 radical (unpaired) electrons. The largest absolute Gasteiger partial charge is 0.380 e. The number of ether oxygens (including phenoxy) is 1. The Morgan fingerprint density at radius 1 is 1.33 bits per heavy atom. The van der Waals surface area contributed by atoms with Crippen molar-refractivity contribution in [3.63, 3.8) is 0 Å². The van der Waals surface area contributed by atoms with Crippen LogP contribution in [0.25, 0.3) is 0 Å². The Kier molecular flexibility index (Phi) is 5.17. The molecule has 1 heterocycles. The Hall–Kier alpha value is -0.900. The Balaban J connectivity index is 2.03. The Bertz CT molecular complexity index is 367. The van der Waals surface area contributed by atoms with Crippen molar-refractivity contribution >= 4 is 0 Å². The SMILES string of the molecule is CCOCCN1Cc2ccccc2CC1CNC. The molecular weight excluding hydrogens is 224 g/mol. The maximum absolute atomic E-state index is 5.49. The van der Waals surface area contributed by atoms with Gasteiger partial charge in [0.1, 0.15) is 0 Å². The van der Waals surface area contributed by atoms with Crippen molar-refractivity contribution in [3.8, 4) is 0 Å². The van der Waals surface area contributed by atoms with E-state index in [2.05, 4.69) is 41.4 Å². The molecule has 0 aliphatic carbocycles. The monoisotopic (exact) mass is 248 g/mol. The standard InChI is InChI=1S/C15H24N2O/c1-3-18-9-8-17-12-14-7-5-4-6-13(14)10-15(17)11-16-2/h4-7,15-16H,3,8-12H2,1-2H3. The van der Waals surface area contributed by atoms with Gasteiger partial charge in [0.15, 0.2) is 0 Å². The van der Waals surface area contributed by atoms with Crippen LogP contribution < -0.4 is 5.32 Å². The molecule has 1 aromatic rings. The van der Waals surface area contributed by atoms with Gasteiger partial charge in [0.2, 0.25) is 0 Å². The average Bonchev–Trinajstić information content (AvgIpc) is 2.40. The van der Waals surface area contributed by atoms with Gasteiger partial charge >= 0.3 is 0 Å². The van der Waals surface area contributed by atoms with Crippen molar-refractivity contribution in [2.75, 3.05) is 33.4 Å². The highest BCUT2D eigenvalue weighted by Crippen LogP contribution is 2.22. The number of fused-ring (bicyclic) bond motifs is 1. The summed E-state index contributed by atoms with van der Waals surface area (Å²) in [6.07, 6.45) is 1.14. The molecule has 0 aromatic heterocycles. The minimum absolute atomic E-state index is 0.588. The molecular formula is C15H24N2O. The lowest BCUT2D eigenvalue weighted by atomic mass is 9.94. The van der Waals surface area contributed by atoms with Crippen LogP contribution in [-0.4, -0.2) is 44.3 Å². The molecule has 18 heavy (non-hydrogen) atoms. The highest BCUT2D eigenvalue weighted by molar-refractivity contribution is 5.30.